The quantitative estimate of drug-likeness (QED) is 0.639. The van der Waals surface area contributed by atoms with Crippen molar-refractivity contribution in [2.75, 3.05) is 11.4 Å². The molecule has 0 saturated heterocycles. The number of hydrogen-bond acceptors (Lipinski definition) is 4. The Morgan fingerprint density at radius 2 is 2.15 bits per heavy atom. The molecule has 1 aromatic rings. The zero-order valence-electron chi connectivity index (χ0n) is 11.6. The minimum atomic E-state index is -1.07. The molecule has 0 amide bonds. The highest BCUT2D eigenvalue weighted by Gasteiger charge is 2.33. The van der Waals surface area contributed by atoms with Gasteiger partial charge in [0.15, 0.2) is 0 Å². The molecule has 0 radical (unpaired) electrons. The lowest BCUT2D eigenvalue weighted by atomic mass is 10.1. The first-order chi connectivity index (χ1) is 9.40. The number of nitro benzene ring substituents is 1. The Balaban J connectivity index is 2.46. The second kappa shape index (κ2) is 5.48. The van der Waals surface area contributed by atoms with Crippen LogP contribution in [0.1, 0.15) is 37.0 Å². The molecular formula is C14H18N2O4. The van der Waals surface area contributed by atoms with Crippen molar-refractivity contribution in [2.45, 2.75) is 32.7 Å². The van der Waals surface area contributed by atoms with Crippen molar-refractivity contribution in [3.63, 3.8) is 0 Å². The van der Waals surface area contributed by atoms with E-state index in [2.05, 4.69) is 0 Å². The minimum absolute atomic E-state index is 0.0254. The molecule has 1 aliphatic rings. The molecule has 2 rings (SSSR count). The number of carboxylic acids is 1. The minimum Gasteiger partial charge on any atom is -0.478 e. The smallest absolute Gasteiger partial charge is 0.335 e. The van der Waals surface area contributed by atoms with Gasteiger partial charge < -0.3 is 10.0 Å². The second-order valence-electron chi connectivity index (χ2n) is 5.54. The van der Waals surface area contributed by atoms with Gasteiger partial charge >= 0.3 is 5.97 Å². The molecule has 1 aliphatic carbocycles. The Kier molecular flexibility index (Phi) is 3.92. The Morgan fingerprint density at radius 1 is 1.50 bits per heavy atom. The van der Waals surface area contributed by atoms with Crippen LogP contribution in [0.15, 0.2) is 18.2 Å². The molecule has 0 unspecified atom stereocenters. The standard InChI is InChI=1S/C14H18N2O4/c1-9(2)8-15(11-4-5-11)13-7-10(14(17)18)3-6-12(13)16(19)20/h3,6-7,9,11H,4-5,8H2,1-2H3,(H,17,18). The summed E-state index contributed by atoms with van der Waals surface area (Å²) in [6, 6.07) is 4.28. The fourth-order valence-corrected chi connectivity index (χ4v) is 2.26. The van der Waals surface area contributed by atoms with Crippen LogP contribution in [0.25, 0.3) is 0 Å². The summed E-state index contributed by atoms with van der Waals surface area (Å²) >= 11 is 0. The van der Waals surface area contributed by atoms with Crippen LogP contribution >= 0.6 is 0 Å². The van der Waals surface area contributed by atoms with Gasteiger partial charge in [-0.2, -0.15) is 0 Å². The third-order valence-corrected chi connectivity index (χ3v) is 3.28. The summed E-state index contributed by atoms with van der Waals surface area (Å²) in [6.45, 7) is 4.78. The summed E-state index contributed by atoms with van der Waals surface area (Å²) in [5.74, 6) is -0.717. The van der Waals surface area contributed by atoms with Crippen molar-refractivity contribution in [2.24, 2.45) is 5.92 Å². The number of anilines is 1. The number of hydrogen-bond donors (Lipinski definition) is 1. The van der Waals surface area contributed by atoms with E-state index in [0.717, 1.165) is 12.8 Å². The number of carboxylic acid groups (broad SMARTS) is 1. The van der Waals surface area contributed by atoms with Crippen LogP contribution < -0.4 is 4.90 Å². The van der Waals surface area contributed by atoms with Gasteiger partial charge in [0.05, 0.1) is 10.5 Å². The molecule has 6 heteroatoms. The number of carbonyl (C=O) groups is 1. The molecule has 0 aliphatic heterocycles. The van der Waals surface area contributed by atoms with E-state index in [1.54, 1.807) is 0 Å². The number of nitro groups is 1. The van der Waals surface area contributed by atoms with E-state index in [1.807, 2.05) is 18.7 Å². The molecule has 1 aromatic carbocycles. The molecule has 0 atom stereocenters. The Labute approximate surface area is 117 Å². The number of benzene rings is 1. The SMILES string of the molecule is CC(C)CN(c1cc(C(=O)O)ccc1[N+](=O)[O-])C1CC1. The van der Waals surface area contributed by atoms with Gasteiger partial charge in [-0.15, -0.1) is 0 Å². The number of aromatic carboxylic acids is 1. The lowest BCUT2D eigenvalue weighted by Gasteiger charge is -2.26. The Hall–Kier alpha value is -2.11. The van der Waals surface area contributed by atoms with Gasteiger partial charge in [-0.05, 0) is 30.9 Å². The molecule has 0 bridgehead atoms. The molecule has 1 N–H and O–H groups in total. The molecule has 20 heavy (non-hydrogen) atoms. The van der Waals surface area contributed by atoms with Crippen molar-refractivity contribution in [1.29, 1.82) is 0 Å². The first-order valence-corrected chi connectivity index (χ1v) is 6.68. The van der Waals surface area contributed by atoms with Gasteiger partial charge in [0.2, 0.25) is 0 Å². The van der Waals surface area contributed by atoms with E-state index >= 15 is 0 Å². The van der Waals surface area contributed by atoms with Gasteiger partial charge in [0.25, 0.3) is 5.69 Å². The zero-order valence-corrected chi connectivity index (χ0v) is 11.6. The summed E-state index contributed by atoms with van der Waals surface area (Å²) in [5, 5.41) is 20.2. The second-order valence-corrected chi connectivity index (χ2v) is 5.54. The van der Waals surface area contributed by atoms with E-state index < -0.39 is 10.9 Å². The largest absolute Gasteiger partial charge is 0.478 e. The van der Waals surface area contributed by atoms with Crippen molar-refractivity contribution in [1.82, 2.24) is 0 Å². The maximum Gasteiger partial charge on any atom is 0.335 e. The normalized spacial score (nSPS) is 14.3. The van der Waals surface area contributed by atoms with Gasteiger partial charge in [-0.1, -0.05) is 13.8 Å². The average Bonchev–Trinajstić information content (AvgIpc) is 3.19. The first-order valence-electron chi connectivity index (χ1n) is 6.68. The van der Waals surface area contributed by atoms with Crippen molar-refractivity contribution in [3.05, 3.63) is 33.9 Å². The predicted molar refractivity (Wildman–Crippen MR) is 75.3 cm³/mol. The monoisotopic (exact) mass is 278 g/mol. The Morgan fingerprint density at radius 3 is 2.60 bits per heavy atom. The van der Waals surface area contributed by atoms with Crippen LogP contribution in [0.3, 0.4) is 0 Å². The fraction of sp³-hybridized carbons (Fsp3) is 0.500. The van der Waals surface area contributed by atoms with Crippen LogP contribution in [0.2, 0.25) is 0 Å². The summed E-state index contributed by atoms with van der Waals surface area (Å²) in [4.78, 5) is 23.8. The average molecular weight is 278 g/mol. The third kappa shape index (κ3) is 3.07. The topological polar surface area (TPSA) is 83.7 Å². The van der Waals surface area contributed by atoms with E-state index in [1.165, 1.54) is 18.2 Å². The lowest BCUT2D eigenvalue weighted by Crippen LogP contribution is -2.30. The zero-order chi connectivity index (χ0) is 14.9. The molecule has 0 spiro atoms. The maximum absolute atomic E-state index is 11.2. The Bertz CT molecular complexity index is 538. The maximum atomic E-state index is 11.2. The number of nitrogens with zero attached hydrogens (tertiary/aromatic N) is 2. The van der Waals surface area contributed by atoms with Gasteiger partial charge in [-0.3, -0.25) is 10.1 Å². The van der Waals surface area contributed by atoms with Crippen molar-refractivity contribution in [3.8, 4) is 0 Å². The summed E-state index contributed by atoms with van der Waals surface area (Å²) in [6.07, 6.45) is 2.00. The molecule has 0 aromatic heterocycles. The van der Waals surface area contributed by atoms with Crippen LogP contribution in [0.4, 0.5) is 11.4 Å². The highest BCUT2D eigenvalue weighted by atomic mass is 16.6. The molecule has 108 valence electrons. The van der Waals surface area contributed by atoms with Gasteiger partial charge in [0.1, 0.15) is 5.69 Å². The van der Waals surface area contributed by atoms with E-state index in [-0.39, 0.29) is 11.3 Å². The highest BCUT2D eigenvalue weighted by molar-refractivity contribution is 5.90. The molecule has 1 saturated carbocycles. The van der Waals surface area contributed by atoms with Crippen molar-refractivity contribution >= 4 is 17.3 Å². The fourth-order valence-electron chi connectivity index (χ4n) is 2.26. The highest BCUT2D eigenvalue weighted by Crippen LogP contribution is 2.38. The third-order valence-electron chi connectivity index (χ3n) is 3.28. The van der Waals surface area contributed by atoms with E-state index in [0.29, 0.717) is 24.2 Å². The van der Waals surface area contributed by atoms with Gasteiger partial charge in [0, 0.05) is 18.7 Å². The van der Waals surface area contributed by atoms with Gasteiger partial charge in [-0.25, -0.2) is 4.79 Å². The molecule has 6 nitrogen and oxygen atoms in total. The van der Waals surface area contributed by atoms with E-state index in [4.69, 9.17) is 5.11 Å². The first kappa shape index (κ1) is 14.3. The van der Waals surface area contributed by atoms with Crippen LogP contribution in [-0.2, 0) is 0 Å². The van der Waals surface area contributed by atoms with Crippen molar-refractivity contribution < 1.29 is 14.8 Å². The lowest BCUT2D eigenvalue weighted by molar-refractivity contribution is -0.384. The summed E-state index contributed by atoms with van der Waals surface area (Å²) in [7, 11) is 0. The van der Waals surface area contributed by atoms with Crippen LogP contribution in [0, 0.1) is 16.0 Å². The number of rotatable bonds is 6. The summed E-state index contributed by atoms with van der Waals surface area (Å²) < 4.78 is 0. The molecular weight excluding hydrogens is 260 g/mol. The van der Waals surface area contributed by atoms with E-state index in [9.17, 15) is 14.9 Å². The van der Waals surface area contributed by atoms with Crippen LogP contribution in [-0.4, -0.2) is 28.6 Å². The summed E-state index contributed by atoms with van der Waals surface area (Å²) in [5.41, 5.74) is 0.480. The molecule has 1 fully saturated rings. The van der Waals surface area contributed by atoms with Crippen LogP contribution in [0.5, 0.6) is 0 Å². The predicted octanol–water partition coefficient (Wildman–Crippen LogP) is 2.92. The molecule has 0 heterocycles.